The van der Waals surface area contributed by atoms with Crippen molar-refractivity contribution in [3.05, 3.63) is 88.2 Å². The Morgan fingerprint density at radius 1 is 0.979 bits per heavy atom. The maximum absolute atomic E-state index is 14.6. The molecule has 7 nitrogen and oxygen atoms in total. The summed E-state index contributed by atoms with van der Waals surface area (Å²) in [6.07, 6.45) is -1.94. The first-order valence-electron chi connectivity index (χ1n) is 15.5. The van der Waals surface area contributed by atoms with Crippen LogP contribution in [0.5, 0.6) is 5.75 Å². The van der Waals surface area contributed by atoms with Gasteiger partial charge in [-0.1, -0.05) is 46.3 Å². The lowest BCUT2D eigenvalue weighted by Gasteiger charge is -2.56. The normalized spacial score (nSPS) is 22.6. The molecule has 3 saturated carbocycles. The Bertz CT molecular complexity index is 1850. The molecule has 7 rings (SSSR count). The fourth-order valence-electron chi connectivity index (χ4n) is 7.22. The van der Waals surface area contributed by atoms with E-state index in [1.54, 1.807) is 20.8 Å². The van der Waals surface area contributed by atoms with Crippen LogP contribution < -0.4 is 10.1 Å². The predicted octanol–water partition coefficient (Wildman–Crippen LogP) is 8.82. The van der Waals surface area contributed by atoms with Crippen LogP contribution >= 0.6 is 15.9 Å². The molecule has 47 heavy (non-hydrogen) atoms. The third-order valence-corrected chi connectivity index (χ3v) is 9.87. The molecule has 4 aromatic rings. The number of hydrogen-bond acceptors (Lipinski definition) is 6. The van der Waals surface area contributed by atoms with Crippen LogP contribution in [0.4, 0.5) is 13.2 Å². The van der Waals surface area contributed by atoms with Crippen molar-refractivity contribution in [1.29, 1.82) is 0 Å². The highest BCUT2D eigenvalue weighted by Gasteiger charge is 2.60. The average Bonchev–Trinajstić information content (AvgIpc) is 3.00. The summed E-state index contributed by atoms with van der Waals surface area (Å²) in [6, 6.07) is 17.7. The molecule has 2 aromatic heterocycles. The molecule has 3 fully saturated rings. The van der Waals surface area contributed by atoms with Crippen LogP contribution in [0.1, 0.15) is 80.4 Å². The molecule has 1 amide bonds. The summed E-state index contributed by atoms with van der Waals surface area (Å²) >= 11 is 3.53. The summed E-state index contributed by atoms with van der Waals surface area (Å²) in [4.78, 5) is 37.6. The number of hydrogen-bond donors (Lipinski definition) is 1. The summed E-state index contributed by atoms with van der Waals surface area (Å²) in [6.45, 7) is 7.20. The number of alkyl halides is 3. The standard InChI is InChI=1S/C36H35BrF3N3O4/c1-21-28(24-19-23(37)12-13-26(24)42-29(21)22-9-6-5-7-10-22)31(44)43-35-16-14-34(15-17-35,32(45)47-33(2,3)4)20-25(35)30-27(11-8-18-41-30)46-36(38,39)40/h5-13,18-19,25H,14-17,20H2,1-4H3,(H,43,44). The Balaban J connectivity index is 1.46. The molecule has 0 radical (unpaired) electrons. The van der Waals surface area contributed by atoms with Crippen LogP contribution in [0.25, 0.3) is 22.2 Å². The summed E-state index contributed by atoms with van der Waals surface area (Å²) in [7, 11) is 0. The zero-order valence-electron chi connectivity index (χ0n) is 26.5. The van der Waals surface area contributed by atoms with E-state index in [0.717, 1.165) is 10.0 Å². The van der Waals surface area contributed by atoms with Gasteiger partial charge in [-0.3, -0.25) is 14.6 Å². The molecule has 1 atom stereocenters. The zero-order valence-corrected chi connectivity index (χ0v) is 28.1. The molecule has 246 valence electrons. The lowest BCUT2D eigenvalue weighted by atomic mass is 9.51. The van der Waals surface area contributed by atoms with E-state index in [9.17, 15) is 22.8 Å². The number of fused-ring (bicyclic) bond motifs is 4. The monoisotopic (exact) mass is 709 g/mol. The highest BCUT2D eigenvalue weighted by Crippen LogP contribution is 2.60. The van der Waals surface area contributed by atoms with Crippen LogP contribution in [0.2, 0.25) is 0 Å². The van der Waals surface area contributed by atoms with Crippen LogP contribution in [0.15, 0.2) is 71.3 Å². The number of amides is 1. The van der Waals surface area contributed by atoms with Crippen molar-refractivity contribution in [3.63, 3.8) is 0 Å². The number of nitrogens with one attached hydrogen (secondary N) is 1. The Morgan fingerprint density at radius 3 is 2.34 bits per heavy atom. The van der Waals surface area contributed by atoms with Gasteiger partial charge in [0, 0.05) is 33.1 Å². The van der Waals surface area contributed by atoms with E-state index in [1.165, 1.54) is 18.3 Å². The van der Waals surface area contributed by atoms with Crippen LogP contribution in [-0.2, 0) is 9.53 Å². The highest BCUT2D eigenvalue weighted by atomic mass is 79.9. The largest absolute Gasteiger partial charge is 0.573 e. The first kappa shape index (κ1) is 32.9. The van der Waals surface area contributed by atoms with Gasteiger partial charge in [0.15, 0.2) is 5.75 Å². The molecule has 2 aromatic carbocycles. The van der Waals surface area contributed by atoms with Gasteiger partial charge < -0.3 is 14.8 Å². The average molecular weight is 711 g/mol. The van der Waals surface area contributed by atoms with E-state index in [-0.39, 0.29) is 18.0 Å². The first-order chi connectivity index (χ1) is 22.1. The number of benzene rings is 2. The Morgan fingerprint density at radius 2 is 1.68 bits per heavy atom. The summed E-state index contributed by atoms with van der Waals surface area (Å²) in [5.41, 5.74) is 0.553. The second kappa shape index (κ2) is 11.9. The third kappa shape index (κ3) is 6.46. The van der Waals surface area contributed by atoms with Gasteiger partial charge in [-0.2, -0.15) is 0 Å². The summed E-state index contributed by atoms with van der Waals surface area (Å²) < 4.78 is 51.8. The molecular weight excluding hydrogens is 675 g/mol. The van der Waals surface area contributed by atoms with Gasteiger partial charge in [0.2, 0.25) is 0 Å². The van der Waals surface area contributed by atoms with Crippen molar-refractivity contribution < 1.29 is 32.2 Å². The number of carbonyl (C=O) groups is 2. The fourth-order valence-corrected chi connectivity index (χ4v) is 7.58. The zero-order chi connectivity index (χ0) is 33.8. The van der Waals surface area contributed by atoms with Gasteiger partial charge in [-0.25, -0.2) is 4.98 Å². The van der Waals surface area contributed by atoms with E-state index in [4.69, 9.17) is 9.72 Å². The molecule has 3 aliphatic carbocycles. The minimum atomic E-state index is -4.96. The SMILES string of the molecule is Cc1c(-c2ccccc2)nc2ccc(Br)cc2c1C(=O)NC12CCC(C(=O)OC(C)(C)C)(CC1)CC2c1ncccc1OC(F)(F)F. The minimum absolute atomic E-state index is 0.0430. The van der Waals surface area contributed by atoms with Crippen molar-refractivity contribution in [2.75, 3.05) is 0 Å². The molecule has 1 unspecified atom stereocenters. The molecule has 2 bridgehead atoms. The third-order valence-electron chi connectivity index (χ3n) is 9.38. The van der Waals surface area contributed by atoms with Crippen molar-refractivity contribution >= 4 is 38.7 Å². The van der Waals surface area contributed by atoms with E-state index < -0.39 is 40.6 Å². The number of ether oxygens (including phenoxy) is 2. The summed E-state index contributed by atoms with van der Waals surface area (Å²) in [5.74, 6) is -1.99. The van der Waals surface area contributed by atoms with E-state index in [1.807, 2.05) is 55.5 Å². The van der Waals surface area contributed by atoms with Crippen molar-refractivity contribution in [1.82, 2.24) is 15.3 Å². The lowest BCUT2D eigenvalue weighted by Crippen LogP contribution is -2.63. The van der Waals surface area contributed by atoms with Gasteiger partial charge in [-0.15, -0.1) is 13.2 Å². The number of halogens is 4. The van der Waals surface area contributed by atoms with Gasteiger partial charge >= 0.3 is 12.3 Å². The topological polar surface area (TPSA) is 90.4 Å². The van der Waals surface area contributed by atoms with E-state index >= 15 is 0 Å². The van der Waals surface area contributed by atoms with Gasteiger partial charge in [0.1, 0.15) is 5.60 Å². The van der Waals surface area contributed by atoms with E-state index in [0.29, 0.717) is 53.4 Å². The first-order valence-corrected chi connectivity index (χ1v) is 16.3. The Labute approximate surface area is 279 Å². The lowest BCUT2D eigenvalue weighted by molar-refractivity contribution is -0.275. The molecule has 0 saturated heterocycles. The molecular formula is C36H35BrF3N3O4. The van der Waals surface area contributed by atoms with E-state index in [2.05, 4.69) is 31.0 Å². The van der Waals surface area contributed by atoms with Gasteiger partial charge in [-0.05, 0) is 95.7 Å². The molecule has 3 aliphatic rings. The maximum atomic E-state index is 14.6. The van der Waals surface area contributed by atoms with Gasteiger partial charge in [0.05, 0.1) is 27.9 Å². The Hall–Kier alpha value is -3.99. The highest BCUT2D eigenvalue weighted by molar-refractivity contribution is 9.10. The molecule has 0 spiro atoms. The van der Waals surface area contributed by atoms with Crippen LogP contribution in [-0.4, -0.2) is 39.3 Å². The molecule has 11 heteroatoms. The fraction of sp³-hybridized carbons (Fsp3) is 0.389. The van der Waals surface area contributed by atoms with Crippen LogP contribution in [0.3, 0.4) is 0 Å². The number of nitrogens with zero attached hydrogens (tertiary/aromatic N) is 2. The second-order valence-corrected chi connectivity index (χ2v) is 14.5. The van der Waals surface area contributed by atoms with Crippen molar-refractivity contribution in [2.45, 2.75) is 83.2 Å². The smallest absolute Gasteiger partial charge is 0.460 e. The second-order valence-electron chi connectivity index (χ2n) is 13.6. The predicted molar refractivity (Wildman–Crippen MR) is 175 cm³/mol. The number of pyridine rings is 2. The molecule has 2 heterocycles. The van der Waals surface area contributed by atoms with Gasteiger partial charge in [0.25, 0.3) is 5.91 Å². The quantitative estimate of drug-likeness (QED) is 0.201. The minimum Gasteiger partial charge on any atom is -0.460 e. The number of carbonyl (C=O) groups excluding carboxylic acids is 2. The summed E-state index contributed by atoms with van der Waals surface area (Å²) in [5, 5.41) is 3.93. The maximum Gasteiger partial charge on any atom is 0.573 e. The Kier molecular flexibility index (Phi) is 8.35. The molecule has 1 N–H and O–H groups in total. The number of aromatic nitrogens is 2. The van der Waals surface area contributed by atoms with Crippen LogP contribution in [0, 0.1) is 12.3 Å². The number of rotatable bonds is 6. The van der Waals surface area contributed by atoms with Crippen molar-refractivity contribution in [2.24, 2.45) is 5.41 Å². The number of esters is 1. The van der Waals surface area contributed by atoms with Crippen molar-refractivity contribution in [3.8, 4) is 17.0 Å². The molecule has 0 aliphatic heterocycles.